The van der Waals surface area contributed by atoms with Gasteiger partial charge >= 0.3 is 0 Å². The third kappa shape index (κ3) is 1.18. The second-order valence-corrected chi connectivity index (χ2v) is 2.16. The summed E-state index contributed by atoms with van der Waals surface area (Å²) in [6.07, 6.45) is -1.31. The Labute approximate surface area is 57.7 Å². The van der Waals surface area contributed by atoms with Crippen LogP contribution >= 0.6 is 0 Å². The molecule has 0 unspecified atom stereocenters. The predicted octanol–water partition coefficient (Wildman–Crippen LogP) is -0.408. The first kappa shape index (κ1) is 7.65. The fraction of sp³-hybridized carbons (Fsp3) is 0.667. The van der Waals surface area contributed by atoms with Crippen molar-refractivity contribution in [2.24, 2.45) is 0 Å². The van der Waals surface area contributed by atoms with Gasteiger partial charge in [-0.1, -0.05) is 0 Å². The van der Waals surface area contributed by atoms with E-state index in [0.29, 0.717) is 6.33 Å². The number of hydrogen-bond acceptors (Lipinski definition) is 3. The van der Waals surface area contributed by atoms with Crippen molar-refractivity contribution in [3.8, 4) is 0 Å². The maximum absolute atomic E-state index is 11.8. The molecule has 1 aliphatic rings. The molecule has 2 atom stereocenters. The van der Waals surface area contributed by atoms with Crippen molar-refractivity contribution in [3.63, 3.8) is 0 Å². The van der Waals surface area contributed by atoms with E-state index in [-0.39, 0.29) is 18.8 Å². The number of hydrogen-bond donors (Lipinski definition) is 2. The van der Waals surface area contributed by atoms with Crippen molar-refractivity contribution < 1.29 is 19.3 Å². The standard InChI is InChI=1S/C6H9FO3/c7-1-4-3-10-5(2-8)6(4)9/h1,5-6,8-9H,2-3H2/t5-,6+/m1/s1. The molecule has 0 spiro atoms. The molecule has 1 aliphatic heterocycles. The first-order valence-corrected chi connectivity index (χ1v) is 2.99. The van der Waals surface area contributed by atoms with Crippen molar-refractivity contribution in [3.05, 3.63) is 11.9 Å². The molecule has 3 nitrogen and oxygen atoms in total. The summed E-state index contributed by atoms with van der Waals surface area (Å²) in [5.41, 5.74) is 0.194. The van der Waals surface area contributed by atoms with E-state index in [4.69, 9.17) is 14.9 Å². The van der Waals surface area contributed by atoms with Crippen molar-refractivity contribution in [2.45, 2.75) is 12.2 Å². The fourth-order valence-corrected chi connectivity index (χ4v) is 0.867. The molecule has 1 saturated heterocycles. The smallest absolute Gasteiger partial charge is 0.111 e. The quantitative estimate of drug-likeness (QED) is 0.531. The van der Waals surface area contributed by atoms with Crippen LogP contribution in [0.3, 0.4) is 0 Å². The Hall–Kier alpha value is -0.450. The van der Waals surface area contributed by atoms with E-state index in [1.165, 1.54) is 0 Å². The van der Waals surface area contributed by atoms with Crippen LogP contribution in [0.1, 0.15) is 0 Å². The van der Waals surface area contributed by atoms with E-state index in [0.717, 1.165) is 0 Å². The fourth-order valence-electron chi connectivity index (χ4n) is 0.867. The third-order valence-corrected chi connectivity index (χ3v) is 1.52. The van der Waals surface area contributed by atoms with Crippen LogP contribution in [0.2, 0.25) is 0 Å². The molecule has 0 aromatic heterocycles. The summed E-state index contributed by atoms with van der Waals surface area (Å²) in [6, 6.07) is 0. The van der Waals surface area contributed by atoms with Gasteiger partial charge in [-0.15, -0.1) is 0 Å². The van der Waals surface area contributed by atoms with Crippen LogP contribution < -0.4 is 0 Å². The van der Waals surface area contributed by atoms with Crippen LogP contribution in [0.5, 0.6) is 0 Å². The molecule has 58 valence electrons. The molecule has 4 heteroatoms. The maximum Gasteiger partial charge on any atom is 0.111 e. The van der Waals surface area contributed by atoms with Gasteiger partial charge in [0.15, 0.2) is 0 Å². The molecule has 0 bridgehead atoms. The molecule has 1 fully saturated rings. The lowest BCUT2D eigenvalue weighted by atomic mass is 10.1. The van der Waals surface area contributed by atoms with Crippen molar-refractivity contribution in [2.75, 3.05) is 13.2 Å². The molecule has 1 heterocycles. The minimum Gasteiger partial charge on any atom is -0.394 e. The second-order valence-electron chi connectivity index (χ2n) is 2.16. The Kier molecular flexibility index (Phi) is 2.37. The topological polar surface area (TPSA) is 49.7 Å². The molecule has 1 rings (SSSR count). The van der Waals surface area contributed by atoms with Crippen molar-refractivity contribution in [1.29, 1.82) is 0 Å². The Morgan fingerprint density at radius 1 is 1.80 bits per heavy atom. The highest BCUT2D eigenvalue weighted by Crippen LogP contribution is 2.18. The van der Waals surface area contributed by atoms with Crippen LogP contribution in [-0.2, 0) is 4.74 Å². The summed E-state index contributed by atoms with van der Waals surface area (Å²) < 4.78 is 16.6. The normalized spacial score (nSPS) is 37.3. The van der Waals surface area contributed by atoms with Gasteiger partial charge < -0.3 is 14.9 Å². The van der Waals surface area contributed by atoms with E-state index in [2.05, 4.69) is 0 Å². The van der Waals surface area contributed by atoms with Crippen molar-refractivity contribution >= 4 is 0 Å². The Bertz CT molecular complexity index is 146. The van der Waals surface area contributed by atoms with Crippen LogP contribution in [0.25, 0.3) is 0 Å². The van der Waals surface area contributed by atoms with Gasteiger partial charge in [0.1, 0.15) is 12.2 Å². The van der Waals surface area contributed by atoms with Gasteiger partial charge in [-0.05, 0) is 0 Å². The zero-order valence-electron chi connectivity index (χ0n) is 5.33. The summed E-state index contributed by atoms with van der Waals surface area (Å²) in [4.78, 5) is 0. The molecule has 0 radical (unpaired) electrons. The number of rotatable bonds is 1. The average Bonchev–Trinajstić information content (AvgIpc) is 2.30. The maximum atomic E-state index is 11.8. The van der Waals surface area contributed by atoms with Crippen LogP contribution in [0, 0.1) is 0 Å². The van der Waals surface area contributed by atoms with Gasteiger partial charge in [0, 0.05) is 5.57 Å². The minimum absolute atomic E-state index is 0.0723. The summed E-state index contributed by atoms with van der Waals surface area (Å²) in [5.74, 6) is 0. The highest BCUT2D eigenvalue weighted by molar-refractivity contribution is 5.12. The lowest BCUT2D eigenvalue weighted by molar-refractivity contribution is 0.00541. The lowest BCUT2D eigenvalue weighted by Gasteiger charge is -2.08. The van der Waals surface area contributed by atoms with Gasteiger partial charge in [-0.3, -0.25) is 0 Å². The molecule has 0 aliphatic carbocycles. The molecule has 0 aromatic rings. The van der Waals surface area contributed by atoms with E-state index >= 15 is 0 Å². The van der Waals surface area contributed by atoms with Gasteiger partial charge in [0.05, 0.1) is 19.5 Å². The largest absolute Gasteiger partial charge is 0.394 e. The molecular weight excluding hydrogens is 139 g/mol. The van der Waals surface area contributed by atoms with Gasteiger partial charge in [0.25, 0.3) is 0 Å². The Morgan fingerprint density at radius 2 is 2.50 bits per heavy atom. The summed E-state index contributed by atoms with van der Waals surface area (Å²) in [6.45, 7) is -0.207. The molecule has 2 N–H and O–H groups in total. The molecule has 0 aromatic carbocycles. The number of ether oxygens (including phenoxy) is 1. The highest BCUT2D eigenvalue weighted by atomic mass is 19.1. The summed E-state index contributed by atoms with van der Waals surface area (Å²) in [5, 5.41) is 17.6. The van der Waals surface area contributed by atoms with Crippen LogP contribution in [0.15, 0.2) is 11.9 Å². The molecule has 0 amide bonds. The molecule has 0 saturated carbocycles. The van der Waals surface area contributed by atoms with Gasteiger partial charge in [0.2, 0.25) is 0 Å². The van der Waals surface area contributed by atoms with E-state index in [1.54, 1.807) is 0 Å². The highest BCUT2D eigenvalue weighted by Gasteiger charge is 2.30. The number of halogens is 1. The van der Waals surface area contributed by atoms with Crippen molar-refractivity contribution in [1.82, 2.24) is 0 Å². The summed E-state index contributed by atoms with van der Waals surface area (Å²) >= 11 is 0. The molecular formula is C6H9FO3. The van der Waals surface area contributed by atoms with Crippen LogP contribution in [0.4, 0.5) is 4.39 Å². The van der Waals surface area contributed by atoms with E-state index < -0.39 is 12.2 Å². The SMILES string of the molecule is OC[C@H]1OCC(=CF)[C@@H]1O. The average molecular weight is 148 g/mol. The second kappa shape index (κ2) is 3.09. The zero-order chi connectivity index (χ0) is 7.56. The van der Waals surface area contributed by atoms with E-state index in [9.17, 15) is 4.39 Å². The molecule has 10 heavy (non-hydrogen) atoms. The van der Waals surface area contributed by atoms with E-state index in [1.807, 2.05) is 0 Å². The zero-order valence-corrected chi connectivity index (χ0v) is 5.33. The number of aliphatic hydroxyl groups excluding tert-OH is 2. The summed E-state index contributed by atoms with van der Waals surface area (Å²) in [7, 11) is 0. The third-order valence-electron chi connectivity index (χ3n) is 1.52. The van der Waals surface area contributed by atoms with Gasteiger partial charge in [-0.25, -0.2) is 4.39 Å². The number of aliphatic hydroxyl groups is 2. The Balaban J connectivity index is 2.58. The van der Waals surface area contributed by atoms with Gasteiger partial charge in [-0.2, -0.15) is 0 Å². The minimum atomic E-state index is -0.977. The monoisotopic (exact) mass is 148 g/mol. The Morgan fingerprint density at radius 3 is 2.80 bits per heavy atom. The lowest BCUT2D eigenvalue weighted by Crippen LogP contribution is -2.25. The first-order chi connectivity index (χ1) is 4.79. The first-order valence-electron chi connectivity index (χ1n) is 2.99. The predicted molar refractivity (Wildman–Crippen MR) is 32.0 cm³/mol. The van der Waals surface area contributed by atoms with Crippen LogP contribution in [-0.4, -0.2) is 35.6 Å².